The Kier molecular flexibility index (Phi) is 3.46. The van der Waals surface area contributed by atoms with Gasteiger partial charge in [-0.15, -0.1) is 11.3 Å². The maximum absolute atomic E-state index is 5.91. The molecule has 0 saturated heterocycles. The van der Waals surface area contributed by atoms with Gasteiger partial charge in [0.25, 0.3) is 0 Å². The Balaban J connectivity index is 2.13. The van der Waals surface area contributed by atoms with Gasteiger partial charge in [-0.1, -0.05) is 17.7 Å². The zero-order chi connectivity index (χ0) is 11.5. The van der Waals surface area contributed by atoms with Crippen molar-refractivity contribution in [2.24, 2.45) is 0 Å². The molecule has 0 aliphatic rings. The Morgan fingerprint density at radius 2 is 2.19 bits per heavy atom. The largest absolute Gasteiger partial charge is 0.363 e. The van der Waals surface area contributed by atoms with Gasteiger partial charge in [0.2, 0.25) is 0 Å². The van der Waals surface area contributed by atoms with Crippen molar-refractivity contribution in [2.45, 2.75) is 19.9 Å². The molecule has 1 unspecified atom stereocenters. The standard InChI is InChI=1S/C12H13ClN2S/c1-8-4-3-7-14-12(8)15-9(2)10-5-6-11(13)16-10/h3-7,9H,1-2H3,(H,14,15). The number of hydrogen-bond acceptors (Lipinski definition) is 3. The molecule has 2 nitrogen and oxygen atoms in total. The number of aromatic nitrogens is 1. The lowest BCUT2D eigenvalue weighted by molar-refractivity contribution is 0.893. The molecule has 0 aliphatic carbocycles. The van der Waals surface area contributed by atoms with E-state index in [0.717, 1.165) is 15.7 Å². The van der Waals surface area contributed by atoms with E-state index in [9.17, 15) is 0 Å². The average molecular weight is 253 g/mol. The number of nitrogens with one attached hydrogen (secondary N) is 1. The lowest BCUT2D eigenvalue weighted by Gasteiger charge is -2.14. The Morgan fingerprint density at radius 1 is 1.38 bits per heavy atom. The highest BCUT2D eigenvalue weighted by Gasteiger charge is 2.09. The molecule has 2 rings (SSSR count). The summed E-state index contributed by atoms with van der Waals surface area (Å²) in [6.45, 7) is 4.15. The highest BCUT2D eigenvalue weighted by atomic mass is 35.5. The highest BCUT2D eigenvalue weighted by Crippen LogP contribution is 2.28. The van der Waals surface area contributed by atoms with Crippen molar-refractivity contribution in [1.82, 2.24) is 4.98 Å². The van der Waals surface area contributed by atoms with Gasteiger partial charge in [0.1, 0.15) is 5.82 Å². The van der Waals surface area contributed by atoms with Crippen LogP contribution >= 0.6 is 22.9 Å². The molecule has 84 valence electrons. The molecule has 16 heavy (non-hydrogen) atoms. The fourth-order valence-corrected chi connectivity index (χ4v) is 2.54. The molecule has 4 heteroatoms. The summed E-state index contributed by atoms with van der Waals surface area (Å²) in [5, 5.41) is 3.38. The Labute approximate surface area is 104 Å². The van der Waals surface area contributed by atoms with Crippen LogP contribution < -0.4 is 5.32 Å². The first-order valence-electron chi connectivity index (χ1n) is 5.10. The minimum atomic E-state index is 0.228. The summed E-state index contributed by atoms with van der Waals surface area (Å²) in [6, 6.07) is 8.18. The minimum absolute atomic E-state index is 0.228. The topological polar surface area (TPSA) is 24.9 Å². The van der Waals surface area contributed by atoms with E-state index in [0.29, 0.717) is 0 Å². The van der Waals surface area contributed by atoms with Gasteiger partial charge in [-0.2, -0.15) is 0 Å². The van der Waals surface area contributed by atoms with Crippen molar-refractivity contribution >= 4 is 28.8 Å². The quantitative estimate of drug-likeness (QED) is 0.882. The van der Waals surface area contributed by atoms with Crippen molar-refractivity contribution in [3.05, 3.63) is 45.2 Å². The summed E-state index contributed by atoms with van der Waals surface area (Å²) >= 11 is 7.51. The Bertz CT molecular complexity index is 481. The van der Waals surface area contributed by atoms with E-state index in [2.05, 4.69) is 17.2 Å². The zero-order valence-corrected chi connectivity index (χ0v) is 10.8. The number of pyridine rings is 1. The molecule has 0 bridgehead atoms. The van der Waals surface area contributed by atoms with E-state index in [-0.39, 0.29) is 6.04 Å². The molecule has 0 saturated carbocycles. The number of anilines is 1. The highest BCUT2D eigenvalue weighted by molar-refractivity contribution is 7.16. The molecule has 1 N–H and O–H groups in total. The summed E-state index contributed by atoms with van der Waals surface area (Å²) in [4.78, 5) is 5.53. The number of halogens is 1. The first kappa shape index (κ1) is 11.4. The van der Waals surface area contributed by atoms with Crippen molar-refractivity contribution in [3.63, 3.8) is 0 Å². The third-order valence-corrected chi connectivity index (χ3v) is 3.80. The SMILES string of the molecule is Cc1cccnc1NC(C)c1ccc(Cl)s1. The van der Waals surface area contributed by atoms with E-state index in [1.165, 1.54) is 4.88 Å². The first-order chi connectivity index (χ1) is 7.66. The lowest BCUT2D eigenvalue weighted by atomic mass is 10.2. The fraction of sp³-hybridized carbons (Fsp3) is 0.250. The molecule has 0 radical (unpaired) electrons. The first-order valence-corrected chi connectivity index (χ1v) is 6.29. The molecule has 2 aromatic heterocycles. The van der Waals surface area contributed by atoms with Crippen LogP contribution in [0.4, 0.5) is 5.82 Å². The van der Waals surface area contributed by atoms with Crippen LogP contribution in [0.25, 0.3) is 0 Å². The third-order valence-electron chi connectivity index (χ3n) is 2.38. The van der Waals surface area contributed by atoms with Gasteiger partial charge in [-0.3, -0.25) is 0 Å². The van der Waals surface area contributed by atoms with Gasteiger partial charge >= 0.3 is 0 Å². The summed E-state index contributed by atoms with van der Waals surface area (Å²) < 4.78 is 0.821. The van der Waals surface area contributed by atoms with Gasteiger partial charge in [0.15, 0.2) is 0 Å². The number of aryl methyl sites for hydroxylation is 1. The Morgan fingerprint density at radius 3 is 2.81 bits per heavy atom. The van der Waals surface area contributed by atoms with Crippen LogP contribution in [0.15, 0.2) is 30.5 Å². The van der Waals surface area contributed by atoms with Crippen LogP contribution in [-0.4, -0.2) is 4.98 Å². The Hall–Kier alpha value is -1.06. The molecule has 1 atom stereocenters. The van der Waals surface area contributed by atoms with Gasteiger partial charge < -0.3 is 5.32 Å². The molecule has 2 heterocycles. The van der Waals surface area contributed by atoms with Gasteiger partial charge in [-0.25, -0.2) is 4.98 Å². The maximum Gasteiger partial charge on any atom is 0.129 e. The predicted molar refractivity (Wildman–Crippen MR) is 70.3 cm³/mol. The summed E-state index contributed by atoms with van der Waals surface area (Å²) in [6.07, 6.45) is 1.80. The zero-order valence-electron chi connectivity index (χ0n) is 9.20. The second kappa shape index (κ2) is 4.85. The van der Waals surface area contributed by atoms with Crippen molar-refractivity contribution < 1.29 is 0 Å². The molecule has 0 fully saturated rings. The van der Waals surface area contributed by atoms with E-state index in [4.69, 9.17) is 11.6 Å². The van der Waals surface area contributed by atoms with Crippen LogP contribution in [0.1, 0.15) is 23.4 Å². The van der Waals surface area contributed by atoms with Crippen LogP contribution in [-0.2, 0) is 0 Å². The molecule has 0 aromatic carbocycles. The van der Waals surface area contributed by atoms with E-state index >= 15 is 0 Å². The summed E-state index contributed by atoms with van der Waals surface area (Å²) in [5.74, 6) is 0.930. The van der Waals surface area contributed by atoms with Crippen LogP contribution in [0, 0.1) is 6.92 Å². The summed E-state index contributed by atoms with van der Waals surface area (Å²) in [7, 11) is 0. The molecule has 0 spiro atoms. The number of nitrogens with zero attached hydrogens (tertiary/aromatic N) is 1. The molecule has 0 amide bonds. The smallest absolute Gasteiger partial charge is 0.129 e. The van der Waals surface area contributed by atoms with Crippen LogP contribution in [0.2, 0.25) is 4.34 Å². The monoisotopic (exact) mass is 252 g/mol. The fourth-order valence-electron chi connectivity index (χ4n) is 1.47. The maximum atomic E-state index is 5.91. The normalized spacial score (nSPS) is 12.4. The number of rotatable bonds is 3. The van der Waals surface area contributed by atoms with E-state index in [1.807, 2.05) is 31.2 Å². The third kappa shape index (κ3) is 2.54. The van der Waals surface area contributed by atoms with Crippen molar-refractivity contribution in [1.29, 1.82) is 0 Å². The van der Waals surface area contributed by atoms with Crippen LogP contribution in [0.5, 0.6) is 0 Å². The lowest BCUT2D eigenvalue weighted by Crippen LogP contribution is -2.07. The number of hydrogen-bond donors (Lipinski definition) is 1. The molecular formula is C12H13ClN2S. The van der Waals surface area contributed by atoms with Crippen molar-refractivity contribution in [2.75, 3.05) is 5.32 Å². The van der Waals surface area contributed by atoms with Crippen molar-refractivity contribution in [3.8, 4) is 0 Å². The van der Waals surface area contributed by atoms with Gasteiger partial charge in [0, 0.05) is 11.1 Å². The van der Waals surface area contributed by atoms with Crippen LogP contribution in [0.3, 0.4) is 0 Å². The second-order valence-corrected chi connectivity index (χ2v) is 5.42. The van der Waals surface area contributed by atoms with Gasteiger partial charge in [0.05, 0.1) is 10.4 Å². The minimum Gasteiger partial charge on any atom is -0.363 e. The number of thiophene rings is 1. The average Bonchev–Trinajstić information content (AvgIpc) is 2.68. The predicted octanol–water partition coefficient (Wildman–Crippen LogP) is 4.28. The second-order valence-electron chi connectivity index (χ2n) is 3.68. The molecular weight excluding hydrogens is 240 g/mol. The van der Waals surface area contributed by atoms with Gasteiger partial charge in [-0.05, 0) is 37.6 Å². The summed E-state index contributed by atoms with van der Waals surface area (Å²) in [5.41, 5.74) is 1.15. The van der Waals surface area contributed by atoms with E-state index < -0.39 is 0 Å². The molecule has 2 aromatic rings. The molecule has 0 aliphatic heterocycles. The van der Waals surface area contributed by atoms with E-state index in [1.54, 1.807) is 17.5 Å².